The Morgan fingerprint density at radius 2 is 0.812 bits per heavy atom. The summed E-state index contributed by atoms with van der Waals surface area (Å²) in [5, 5.41) is 24.2. The molecule has 32 heavy (non-hydrogen) atoms. The molecular formula is C9H22N7O5Rb11. The number of carbonyl (C=O) groups is 3. The van der Waals surface area contributed by atoms with Crippen LogP contribution in [0, 0.1) is 0 Å². The van der Waals surface area contributed by atoms with Crippen molar-refractivity contribution in [3.05, 3.63) is 37.8 Å². The summed E-state index contributed by atoms with van der Waals surface area (Å²) >= 11 is 2.32. The molecule has 0 rings (SSSR count). The van der Waals surface area contributed by atoms with Crippen LogP contribution in [0.5, 0.6) is 0 Å². The van der Waals surface area contributed by atoms with E-state index in [1.54, 1.807) is 0 Å². The van der Waals surface area contributed by atoms with Crippen molar-refractivity contribution in [1.82, 2.24) is 0 Å². The molecule has 134 valence electrons. The molecule has 0 spiro atoms. The van der Waals surface area contributed by atoms with Crippen LogP contribution < -0.4 is 524 Å². The van der Waals surface area contributed by atoms with Crippen molar-refractivity contribution in [3.63, 3.8) is 0 Å². The van der Waals surface area contributed by atoms with Gasteiger partial charge in [0.2, 0.25) is 0 Å². The van der Waals surface area contributed by atoms with E-state index in [9.17, 15) is 14.4 Å². The van der Waals surface area contributed by atoms with Crippen molar-refractivity contribution in [2.24, 2.45) is 0 Å². The average molecular weight is 1250 g/mol. The first-order valence-electron chi connectivity index (χ1n) is 6.07. The second-order valence-corrected chi connectivity index (χ2v) is 2.35. The quantitative estimate of drug-likeness (QED) is 0.195. The Kier molecular flexibility index (Phi) is 282. The standard InChI is InChI=1S/C3H7N3O.C3H7N2O.C2H5NO2.CH4NO.11Rb.2H/c1-4-3(7)6-5-2;1-4-3(6)5-2;1-2(4)3-5;1-2-3;;;;;;;;;;;;;/h1-2H3,(H-,4,6,7);1-2H3,(H-,4,5,6);1H3,(H2,3,4,5);3H,1H3;;;;;;;;;;;;;/q-2;-1;;-1;;;9*+1;2*-1/p-3. The van der Waals surface area contributed by atoms with Crippen molar-refractivity contribution >= 4 is 85.7 Å². The van der Waals surface area contributed by atoms with Gasteiger partial charge < -0.3 is 65.4 Å². The van der Waals surface area contributed by atoms with Gasteiger partial charge in [-0.1, -0.05) is 6.03 Å². The Labute approximate surface area is 686 Å². The van der Waals surface area contributed by atoms with E-state index in [4.69, 9.17) is 10.4 Å². The molecule has 23 heteroatoms. The van der Waals surface area contributed by atoms with E-state index < -0.39 is 18.0 Å². The van der Waals surface area contributed by atoms with Crippen molar-refractivity contribution in [3.8, 4) is 0 Å². The van der Waals surface area contributed by atoms with Gasteiger partial charge in [0.25, 0.3) is 0 Å². The van der Waals surface area contributed by atoms with Crippen LogP contribution in [0.2, 0.25) is 0 Å². The minimum absolute atomic E-state index is 0. The molecule has 5 amide bonds. The maximum absolute atomic E-state index is 9.98. The fourth-order valence-electron chi connectivity index (χ4n) is 0.230. The molecule has 0 saturated heterocycles. The molecule has 0 heterocycles. The predicted octanol–water partition coefficient (Wildman–Crippen LogP) is -24.3. The summed E-state index contributed by atoms with van der Waals surface area (Å²) in [4.78, 5) is 29.2. The summed E-state index contributed by atoms with van der Waals surface area (Å²) in [6, 6.07) is -0.947. The van der Waals surface area contributed by atoms with Gasteiger partial charge in [-0.15, -0.1) is 28.2 Å². The zero-order valence-electron chi connectivity index (χ0n) is 25.7. The molecule has 0 radical (unpaired) electrons. The second-order valence-electron chi connectivity index (χ2n) is 2.35. The van der Waals surface area contributed by atoms with E-state index in [0.717, 1.165) is 67.7 Å². The van der Waals surface area contributed by atoms with E-state index >= 15 is 0 Å². The number of hydroxylamine groups is 2. The monoisotopic (exact) mass is 1240 g/mol. The fourth-order valence-corrected chi connectivity index (χ4v) is 0.230. The average Bonchev–Trinajstić information content (AvgIpc) is 2.57. The Morgan fingerprint density at radius 3 is 0.844 bits per heavy atom. The third kappa shape index (κ3) is 126. The maximum atomic E-state index is 9.98. The van der Waals surface area contributed by atoms with Crippen molar-refractivity contribution < 1.29 is 551 Å². The first-order valence-corrected chi connectivity index (χ1v) is 40.1. The van der Waals surface area contributed by atoms with Gasteiger partial charge in [-0.3, -0.25) is 0 Å². The Balaban J connectivity index is -0.00000000816. The number of amides is 5. The van der Waals surface area contributed by atoms with Crippen LogP contribution in [0.25, 0.3) is 37.8 Å². The summed E-state index contributed by atoms with van der Waals surface area (Å²) in [6.07, 6.45) is 0. The molecule has 0 fully saturated rings. The van der Waals surface area contributed by atoms with Gasteiger partial charge in [0.05, 0.1) is 5.91 Å². The molecule has 0 saturated carbocycles. The number of urea groups is 2. The molecule has 0 aromatic rings. The van der Waals surface area contributed by atoms with Crippen LogP contribution >= 0.6 is 0 Å². The van der Waals surface area contributed by atoms with Crippen LogP contribution in [0.15, 0.2) is 0 Å². The minimum atomic E-state index is -0.565. The molecule has 0 aliphatic heterocycles. The van der Waals surface area contributed by atoms with E-state index in [1.807, 2.05) is 0 Å². The second kappa shape index (κ2) is 97.6. The molecule has 0 aliphatic rings. The Morgan fingerprint density at radius 1 is 0.625 bits per heavy atom. The number of carbonyl (C=O) groups excluding carboxylic acids is 3. The van der Waals surface area contributed by atoms with Crippen molar-refractivity contribution in [1.29, 1.82) is 0 Å². The topological polar surface area (TPSA) is 190 Å². The summed E-state index contributed by atoms with van der Waals surface area (Å²) in [6.45, 7) is 1.17. The first kappa shape index (κ1) is 92.5. The van der Waals surface area contributed by atoms with E-state index in [2.05, 4.69) is 37.8 Å². The van der Waals surface area contributed by atoms with Gasteiger partial charge in [-0.25, -0.2) is 0 Å². The SMILES string of the molecule is CC(=O)[N-]O.C[N-]C(=O)[N-]C.C[N-]O.C[N-][N-]C(=O)[N-]C.[H-].[H-].[Rb+].[Rb+].[Rb+].[Rb+].[Rb+].[Rb+].[Rb+].[Rb+].[Rb+].[Rb][Rb]. The summed E-state index contributed by atoms with van der Waals surface area (Å²) in [5.74, 6) is -0.565. The van der Waals surface area contributed by atoms with Crippen molar-refractivity contribution in [2.45, 2.75) is 6.92 Å². The molecule has 2 N–H and O–H groups in total. The number of nitrogens with zero attached hydrogens (tertiary/aromatic N) is 7. The van der Waals surface area contributed by atoms with Gasteiger partial charge in [0.1, 0.15) is 0 Å². The normalized spacial score (nSPS) is 4.88. The zero-order chi connectivity index (χ0) is 19.7. The van der Waals surface area contributed by atoms with Gasteiger partial charge in [-0.05, 0) is 13.0 Å². The van der Waals surface area contributed by atoms with Gasteiger partial charge >= 0.3 is 591 Å². The van der Waals surface area contributed by atoms with Gasteiger partial charge in [-0.2, -0.15) is 7.05 Å². The van der Waals surface area contributed by atoms with E-state index in [1.165, 1.54) is 42.2 Å². The van der Waals surface area contributed by atoms with Crippen LogP contribution in [0.4, 0.5) is 9.59 Å². The predicted molar refractivity (Wildman–Crippen MR) is 91.9 cm³/mol. The molecule has 0 bridgehead atoms. The van der Waals surface area contributed by atoms with Crippen LogP contribution in [0.3, 0.4) is 0 Å². The van der Waals surface area contributed by atoms with Gasteiger partial charge in [0, 0.05) is 0 Å². The molecule has 12 nitrogen and oxygen atoms in total. The molecule has 0 aromatic heterocycles. The fraction of sp³-hybridized carbons (Fsp3) is 0.667. The van der Waals surface area contributed by atoms with Crippen LogP contribution in [0.1, 0.15) is 9.78 Å². The summed E-state index contributed by atoms with van der Waals surface area (Å²) in [5.41, 5.74) is 11.0. The zero-order valence-corrected chi connectivity index (χ0v) is 77.8. The third-order valence-corrected chi connectivity index (χ3v) is 0.900. The molecule has 0 aliphatic carbocycles. The number of hydrogen-bond acceptors (Lipinski definition) is 5. The number of rotatable bonds is 1. The third-order valence-electron chi connectivity index (χ3n) is 0.900. The summed E-state index contributed by atoms with van der Waals surface area (Å²) in [7, 11) is 6.92. The molecular weight excluding hydrogens is 1230 g/mol. The Hall–Kier alpha value is 17.7. The molecule has 0 unspecified atom stereocenters. The molecule has 0 atom stereocenters. The van der Waals surface area contributed by atoms with Gasteiger partial charge in [0.15, 0.2) is 0 Å². The van der Waals surface area contributed by atoms with E-state index in [-0.39, 0.29) is 527 Å². The summed E-state index contributed by atoms with van der Waals surface area (Å²) < 4.78 is 0. The van der Waals surface area contributed by atoms with E-state index in [0.29, 0.717) is 0 Å². The molecule has 0 aromatic carbocycles. The Bertz CT molecular complexity index is 287. The van der Waals surface area contributed by atoms with Crippen molar-refractivity contribution in [2.75, 3.05) is 35.2 Å². The van der Waals surface area contributed by atoms with Crippen LogP contribution in [-0.4, -0.2) is 131 Å². The number of hydrogen-bond donors (Lipinski definition) is 2. The first-order chi connectivity index (χ1) is 10.8. The van der Waals surface area contributed by atoms with Crippen LogP contribution in [-0.2, 0) is 4.79 Å².